The highest BCUT2D eigenvalue weighted by Crippen LogP contribution is 2.19. The van der Waals surface area contributed by atoms with Gasteiger partial charge in [0.05, 0.1) is 12.3 Å². The largest absolute Gasteiger partial charge is 0.480 e. The van der Waals surface area contributed by atoms with E-state index in [0.29, 0.717) is 11.4 Å². The van der Waals surface area contributed by atoms with Crippen molar-refractivity contribution in [1.82, 2.24) is 0 Å². The molecule has 3 N–H and O–H groups in total. The van der Waals surface area contributed by atoms with Crippen molar-refractivity contribution >= 4 is 11.7 Å². The molecule has 0 saturated carbocycles. The van der Waals surface area contributed by atoms with Gasteiger partial charge in [0.25, 0.3) is 0 Å². The van der Waals surface area contributed by atoms with Crippen LogP contribution in [-0.4, -0.2) is 30.9 Å². The van der Waals surface area contributed by atoms with Crippen molar-refractivity contribution in [2.24, 2.45) is 5.92 Å². The zero-order valence-corrected chi connectivity index (χ0v) is 9.76. The van der Waals surface area contributed by atoms with Crippen LogP contribution in [0.5, 0.6) is 5.75 Å². The van der Waals surface area contributed by atoms with Crippen LogP contribution in [0, 0.1) is 5.92 Å². The van der Waals surface area contributed by atoms with E-state index < -0.39 is 5.97 Å². The number of hydrogen-bond acceptors (Lipinski definition) is 5. The number of benzene rings is 1. The van der Waals surface area contributed by atoms with Gasteiger partial charge in [-0.25, -0.2) is 4.79 Å². The number of rotatable bonds is 6. The minimum absolute atomic E-state index is 0.0141. The predicted octanol–water partition coefficient (Wildman–Crippen LogP) is 0.819. The van der Waals surface area contributed by atoms with Gasteiger partial charge in [0.1, 0.15) is 5.75 Å². The molecule has 0 saturated heterocycles. The monoisotopic (exact) mass is 239 g/mol. The quantitative estimate of drug-likeness (QED) is 0.567. The zero-order valence-electron chi connectivity index (χ0n) is 9.76. The Bertz CT molecular complexity index is 367. The van der Waals surface area contributed by atoms with E-state index in [1.807, 2.05) is 0 Å². The number of carbonyl (C=O) groups excluding carboxylic acids is 1. The minimum Gasteiger partial charge on any atom is -0.480 e. The summed E-state index contributed by atoms with van der Waals surface area (Å²) in [7, 11) is 0. The van der Waals surface area contributed by atoms with Crippen molar-refractivity contribution in [1.29, 1.82) is 0 Å². The van der Waals surface area contributed by atoms with Crippen LogP contribution in [0.25, 0.3) is 0 Å². The number of carbonyl (C=O) groups is 1. The van der Waals surface area contributed by atoms with Gasteiger partial charge in [-0.05, 0) is 12.1 Å². The number of aliphatic hydroxyl groups excluding tert-OH is 1. The third-order valence-electron chi connectivity index (χ3n) is 2.11. The van der Waals surface area contributed by atoms with Crippen LogP contribution in [0.3, 0.4) is 0 Å². The fourth-order valence-corrected chi connectivity index (χ4v) is 1.08. The van der Waals surface area contributed by atoms with Crippen LogP contribution in [0.1, 0.15) is 6.92 Å². The van der Waals surface area contributed by atoms with Gasteiger partial charge in [-0.1, -0.05) is 19.1 Å². The molecule has 0 fully saturated rings. The lowest BCUT2D eigenvalue weighted by Gasteiger charge is -2.10. The molecular weight excluding hydrogens is 222 g/mol. The molecule has 0 heterocycles. The van der Waals surface area contributed by atoms with Crippen molar-refractivity contribution in [2.45, 2.75) is 6.92 Å². The first-order chi connectivity index (χ1) is 8.13. The van der Waals surface area contributed by atoms with Gasteiger partial charge in [-0.15, -0.1) is 0 Å². The number of aliphatic hydroxyl groups is 1. The highest BCUT2D eigenvalue weighted by Gasteiger charge is 2.08. The smallest absolute Gasteiger partial charge is 0.344 e. The van der Waals surface area contributed by atoms with Crippen molar-refractivity contribution in [3.05, 3.63) is 24.3 Å². The number of hydrogen-bond donors (Lipinski definition) is 2. The standard InChI is InChI=1S/C12H17NO4/c1-9(6-14)7-17-12(15)8-16-11-5-3-2-4-10(11)13/h2-5,9,14H,6-8,13H2,1H3. The summed E-state index contributed by atoms with van der Waals surface area (Å²) in [5, 5.41) is 8.75. The molecule has 0 amide bonds. The van der Waals surface area contributed by atoms with E-state index in [1.54, 1.807) is 31.2 Å². The number of ether oxygens (including phenoxy) is 2. The highest BCUT2D eigenvalue weighted by molar-refractivity contribution is 5.71. The summed E-state index contributed by atoms with van der Waals surface area (Å²) in [6.45, 7) is 1.76. The molecule has 17 heavy (non-hydrogen) atoms. The second kappa shape index (κ2) is 6.75. The molecule has 1 unspecified atom stereocenters. The fraction of sp³-hybridized carbons (Fsp3) is 0.417. The molecule has 1 rings (SSSR count). The molecule has 1 atom stereocenters. The summed E-state index contributed by atoms with van der Waals surface area (Å²) in [5.74, 6) is -0.0889. The van der Waals surface area contributed by atoms with E-state index in [2.05, 4.69) is 0 Å². The summed E-state index contributed by atoms with van der Waals surface area (Å²) in [4.78, 5) is 11.3. The average molecular weight is 239 g/mol. The number of nitrogens with two attached hydrogens (primary N) is 1. The lowest BCUT2D eigenvalue weighted by molar-refractivity contribution is -0.147. The van der Waals surface area contributed by atoms with E-state index in [0.717, 1.165) is 0 Å². The molecule has 0 aliphatic carbocycles. The van der Waals surface area contributed by atoms with Crippen molar-refractivity contribution in [3.63, 3.8) is 0 Å². The Morgan fingerprint density at radius 1 is 1.47 bits per heavy atom. The first-order valence-electron chi connectivity index (χ1n) is 5.37. The predicted molar refractivity (Wildman–Crippen MR) is 63.6 cm³/mol. The Balaban J connectivity index is 2.31. The van der Waals surface area contributed by atoms with Crippen LogP contribution in [-0.2, 0) is 9.53 Å². The lowest BCUT2D eigenvalue weighted by atomic mass is 10.2. The third-order valence-corrected chi connectivity index (χ3v) is 2.11. The Morgan fingerprint density at radius 3 is 2.82 bits per heavy atom. The number of nitrogen functional groups attached to an aromatic ring is 1. The van der Waals surface area contributed by atoms with Crippen LogP contribution in [0.4, 0.5) is 5.69 Å². The Morgan fingerprint density at radius 2 is 2.18 bits per heavy atom. The summed E-state index contributed by atoms with van der Waals surface area (Å²) < 4.78 is 10.1. The maximum atomic E-state index is 11.3. The summed E-state index contributed by atoms with van der Waals surface area (Å²) >= 11 is 0. The zero-order chi connectivity index (χ0) is 12.7. The summed E-state index contributed by atoms with van der Waals surface area (Å²) in [6, 6.07) is 6.92. The van der Waals surface area contributed by atoms with Crippen LogP contribution >= 0.6 is 0 Å². The second-order valence-electron chi connectivity index (χ2n) is 3.80. The van der Waals surface area contributed by atoms with Crippen molar-refractivity contribution in [3.8, 4) is 5.75 Å². The second-order valence-corrected chi connectivity index (χ2v) is 3.80. The van der Waals surface area contributed by atoms with Gasteiger partial charge in [0.2, 0.25) is 0 Å². The molecule has 0 aromatic heterocycles. The number of esters is 1. The maximum Gasteiger partial charge on any atom is 0.344 e. The number of para-hydroxylation sites is 2. The van der Waals surface area contributed by atoms with E-state index >= 15 is 0 Å². The first-order valence-corrected chi connectivity index (χ1v) is 5.37. The molecule has 5 nitrogen and oxygen atoms in total. The van der Waals surface area contributed by atoms with Gasteiger partial charge in [-0.2, -0.15) is 0 Å². The van der Waals surface area contributed by atoms with Gasteiger partial charge in [-0.3, -0.25) is 0 Å². The average Bonchev–Trinajstić information content (AvgIpc) is 2.35. The van der Waals surface area contributed by atoms with Crippen LogP contribution < -0.4 is 10.5 Å². The van der Waals surface area contributed by atoms with Crippen molar-refractivity contribution < 1.29 is 19.4 Å². The highest BCUT2D eigenvalue weighted by atomic mass is 16.6. The third kappa shape index (κ3) is 4.74. The summed E-state index contributed by atoms with van der Waals surface area (Å²) in [6.07, 6.45) is 0. The maximum absolute atomic E-state index is 11.3. The first kappa shape index (κ1) is 13.3. The van der Waals surface area contributed by atoms with Gasteiger partial charge < -0.3 is 20.3 Å². The Labute approximate surface area is 100 Å². The normalized spacial score (nSPS) is 11.9. The van der Waals surface area contributed by atoms with E-state index in [1.165, 1.54) is 0 Å². The minimum atomic E-state index is -0.478. The van der Waals surface area contributed by atoms with Crippen molar-refractivity contribution in [2.75, 3.05) is 25.6 Å². The molecule has 94 valence electrons. The van der Waals surface area contributed by atoms with Gasteiger partial charge in [0.15, 0.2) is 6.61 Å². The fourth-order valence-electron chi connectivity index (χ4n) is 1.08. The lowest BCUT2D eigenvalue weighted by Crippen LogP contribution is -2.19. The Hall–Kier alpha value is -1.75. The molecule has 5 heteroatoms. The molecular formula is C12H17NO4. The molecule has 1 aromatic rings. The molecule has 1 aromatic carbocycles. The van der Waals surface area contributed by atoms with E-state index in [9.17, 15) is 4.79 Å². The van der Waals surface area contributed by atoms with Crippen LogP contribution in [0.2, 0.25) is 0 Å². The molecule has 0 aliphatic heterocycles. The molecule has 0 bridgehead atoms. The van der Waals surface area contributed by atoms with E-state index in [4.69, 9.17) is 20.3 Å². The Kier molecular flexibility index (Phi) is 5.29. The van der Waals surface area contributed by atoms with Crippen LogP contribution in [0.15, 0.2) is 24.3 Å². The molecule has 0 spiro atoms. The van der Waals surface area contributed by atoms with Gasteiger partial charge in [0, 0.05) is 12.5 Å². The topological polar surface area (TPSA) is 81.8 Å². The van der Waals surface area contributed by atoms with E-state index in [-0.39, 0.29) is 25.7 Å². The number of anilines is 1. The summed E-state index contributed by atoms with van der Waals surface area (Å²) in [5.41, 5.74) is 6.12. The van der Waals surface area contributed by atoms with Gasteiger partial charge >= 0.3 is 5.97 Å². The SMILES string of the molecule is CC(CO)COC(=O)COc1ccccc1N. The molecule has 0 aliphatic rings. The molecule has 0 radical (unpaired) electrons.